The molecule has 0 fully saturated rings. The standard InChI is InChI=1S/C18H15Cl2N3O5/c1-11(28-16-7-6-13(19)10-15(16)20)18(25)22-21-17(24)8-5-12-3-2-4-14(9-12)23(26)27/h2-11H,1H3,(H,21,24)(H,22,25)/b8-5+. The van der Waals surface area contributed by atoms with Crippen molar-refractivity contribution in [3.63, 3.8) is 0 Å². The molecule has 146 valence electrons. The van der Waals surface area contributed by atoms with Crippen LogP contribution in [0.3, 0.4) is 0 Å². The van der Waals surface area contributed by atoms with E-state index in [0.717, 1.165) is 6.08 Å². The van der Waals surface area contributed by atoms with Crippen LogP contribution in [0.2, 0.25) is 10.0 Å². The molecule has 2 N–H and O–H groups in total. The minimum absolute atomic E-state index is 0.0947. The first-order valence-corrected chi connectivity index (χ1v) is 8.66. The van der Waals surface area contributed by atoms with E-state index in [1.165, 1.54) is 43.3 Å². The van der Waals surface area contributed by atoms with Crippen LogP contribution in [0.5, 0.6) is 5.75 Å². The zero-order valence-electron chi connectivity index (χ0n) is 14.5. The summed E-state index contributed by atoms with van der Waals surface area (Å²) in [5.41, 5.74) is 4.76. The molecule has 2 aromatic carbocycles. The fourth-order valence-corrected chi connectivity index (χ4v) is 2.45. The van der Waals surface area contributed by atoms with E-state index in [9.17, 15) is 19.7 Å². The number of halogens is 2. The molecule has 0 saturated carbocycles. The first kappa shape index (κ1) is 21.2. The van der Waals surface area contributed by atoms with Gasteiger partial charge in [0.15, 0.2) is 6.10 Å². The Morgan fingerprint density at radius 3 is 2.61 bits per heavy atom. The number of non-ortho nitro benzene ring substituents is 1. The molecule has 10 heteroatoms. The molecule has 0 aromatic heterocycles. The average molecular weight is 424 g/mol. The number of carbonyl (C=O) groups excluding carboxylic acids is 2. The second-order valence-electron chi connectivity index (χ2n) is 5.50. The summed E-state index contributed by atoms with van der Waals surface area (Å²) >= 11 is 11.8. The Morgan fingerprint density at radius 2 is 1.93 bits per heavy atom. The van der Waals surface area contributed by atoms with Crippen LogP contribution in [0.1, 0.15) is 12.5 Å². The lowest BCUT2D eigenvalue weighted by molar-refractivity contribution is -0.384. The van der Waals surface area contributed by atoms with Gasteiger partial charge >= 0.3 is 0 Å². The van der Waals surface area contributed by atoms with Crippen molar-refractivity contribution in [3.8, 4) is 5.75 Å². The van der Waals surface area contributed by atoms with E-state index in [4.69, 9.17) is 27.9 Å². The van der Waals surface area contributed by atoms with Gasteiger partial charge in [0.1, 0.15) is 5.75 Å². The maximum absolute atomic E-state index is 12.0. The van der Waals surface area contributed by atoms with Gasteiger partial charge in [0.25, 0.3) is 17.5 Å². The quantitative estimate of drug-likeness (QED) is 0.419. The van der Waals surface area contributed by atoms with Gasteiger partial charge in [-0.15, -0.1) is 0 Å². The van der Waals surface area contributed by atoms with E-state index in [0.29, 0.717) is 10.6 Å². The van der Waals surface area contributed by atoms with Gasteiger partial charge in [-0.05, 0) is 36.8 Å². The molecule has 0 radical (unpaired) electrons. The summed E-state index contributed by atoms with van der Waals surface area (Å²) < 4.78 is 5.42. The fourth-order valence-electron chi connectivity index (χ4n) is 2.00. The molecule has 1 unspecified atom stereocenters. The van der Waals surface area contributed by atoms with Crippen LogP contribution >= 0.6 is 23.2 Å². The lowest BCUT2D eigenvalue weighted by Crippen LogP contribution is -2.46. The molecular weight excluding hydrogens is 409 g/mol. The second-order valence-corrected chi connectivity index (χ2v) is 6.34. The number of benzene rings is 2. The molecule has 0 spiro atoms. The number of amides is 2. The van der Waals surface area contributed by atoms with Gasteiger partial charge in [0.2, 0.25) is 0 Å². The third kappa shape index (κ3) is 6.26. The third-order valence-electron chi connectivity index (χ3n) is 3.38. The number of nitro benzene ring substituents is 1. The van der Waals surface area contributed by atoms with E-state index in [-0.39, 0.29) is 16.5 Å². The summed E-state index contributed by atoms with van der Waals surface area (Å²) in [4.78, 5) is 34.0. The Kier molecular flexibility index (Phi) is 7.36. The highest BCUT2D eigenvalue weighted by molar-refractivity contribution is 6.35. The Balaban J connectivity index is 1.86. The summed E-state index contributed by atoms with van der Waals surface area (Å²) in [6.45, 7) is 1.48. The minimum Gasteiger partial charge on any atom is -0.479 e. The van der Waals surface area contributed by atoms with E-state index in [1.807, 2.05) is 0 Å². The Hall–Kier alpha value is -3.10. The topological polar surface area (TPSA) is 111 Å². The van der Waals surface area contributed by atoms with Crippen LogP contribution in [-0.4, -0.2) is 22.8 Å². The number of hydrazine groups is 1. The molecule has 0 aliphatic heterocycles. The number of carbonyl (C=O) groups is 2. The largest absolute Gasteiger partial charge is 0.479 e. The van der Waals surface area contributed by atoms with E-state index >= 15 is 0 Å². The highest BCUT2D eigenvalue weighted by atomic mass is 35.5. The van der Waals surface area contributed by atoms with Crippen LogP contribution in [0.15, 0.2) is 48.5 Å². The Morgan fingerprint density at radius 1 is 1.18 bits per heavy atom. The van der Waals surface area contributed by atoms with Crippen molar-refractivity contribution in [1.29, 1.82) is 0 Å². The SMILES string of the molecule is CC(Oc1ccc(Cl)cc1Cl)C(=O)NNC(=O)/C=C/c1cccc([N+](=O)[O-])c1. The second kappa shape index (κ2) is 9.72. The van der Waals surface area contributed by atoms with Crippen molar-refractivity contribution >= 4 is 46.8 Å². The first-order valence-electron chi connectivity index (χ1n) is 7.90. The predicted molar refractivity (Wildman–Crippen MR) is 105 cm³/mol. The van der Waals surface area contributed by atoms with Gasteiger partial charge in [0.05, 0.1) is 9.95 Å². The number of nitrogens with one attached hydrogen (secondary N) is 2. The Bertz CT molecular complexity index is 933. The monoisotopic (exact) mass is 423 g/mol. The van der Waals surface area contributed by atoms with Gasteiger partial charge < -0.3 is 4.74 Å². The summed E-state index contributed by atoms with van der Waals surface area (Å²) in [6, 6.07) is 10.3. The molecule has 8 nitrogen and oxygen atoms in total. The van der Waals surface area contributed by atoms with Gasteiger partial charge in [-0.2, -0.15) is 0 Å². The normalized spacial score (nSPS) is 11.7. The van der Waals surface area contributed by atoms with E-state index in [2.05, 4.69) is 10.9 Å². The maximum Gasteiger partial charge on any atom is 0.279 e. The van der Waals surface area contributed by atoms with Crippen LogP contribution in [0, 0.1) is 10.1 Å². The van der Waals surface area contributed by atoms with Gasteiger partial charge in [-0.25, -0.2) is 0 Å². The predicted octanol–water partition coefficient (Wildman–Crippen LogP) is 3.53. The van der Waals surface area contributed by atoms with Crippen LogP contribution < -0.4 is 15.6 Å². The molecule has 2 aromatic rings. The minimum atomic E-state index is -0.945. The third-order valence-corrected chi connectivity index (χ3v) is 3.91. The van der Waals surface area contributed by atoms with E-state index < -0.39 is 22.8 Å². The molecule has 0 saturated heterocycles. The number of nitrogens with zero attached hydrogens (tertiary/aromatic N) is 1. The zero-order chi connectivity index (χ0) is 20.7. The van der Waals surface area contributed by atoms with Crippen molar-refractivity contribution in [2.45, 2.75) is 13.0 Å². The summed E-state index contributed by atoms with van der Waals surface area (Å²) in [6.07, 6.45) is 1.56. The van der Waals surface area contributed by atoms with Gasteiger partial charge in [-0.3, -0.25) is 30.6 Å². The summed E-state index contributed by atoms with van der Waals surface area (Å²) in [5.74, 6) is -0.967. The van der Waals surface area contributed by atoms with Crippen LogP contribution in [0.4, 0.5) is 5.69 Å². The van der Waals surface area contributed by atoms with Crippen LogP contribution in [0.25, 0.3) is 6.08 Å². The number of hydrogen-bond donors (Lipinski definition) is 2. The van der Waals surface area contributed by atoms with Crippen LogP contribution in [-0.2, 0) is 9.59 Å². The number of hydrogen-bond acceptors (Lipinski definition) is 5. The highest BCUT2D eigenvalue weighted by Gasteiger charge is 2.16. The smallest absolute Gasteiger partial charge is 0.279 e. The summed E-state index contributed by atoms with van der Waals surface area (Å²) in [7, 11) is 0. The zero-order valence-corrected chi connectivity index (χ0v) is 16.0. The molecule has 28 heavy (non-hydrogen) atoms. The fraction of sp³-hybridized carbons (Fsp3) is 0.111. The lowest BCUT2D eigenvalue weighted by Gasteiger charge is -2.15. The number of ether oxygens (including phenoxy) is 1. The van der Waals surface area contributed by atoms with Crippen molar-refractivity contribution in [2.24, 2.45) is 0 Å². The lowest BCUT2D eigenvalue weighted by atomic mass is 10.2. The van der Waals surface area contributed by atoms with Gasteiger partial charge in [0, 0.05) is 23.2 Å². The molecule has 0 aliphatic carbocycles. The van der Waals surface area contributed by atoms with Crippen molar-refractivity contribution < 1.29 is 19.2 Å². The molecule has 0 aliphatic rings. The number of nitro groups is 1. The summed E-state index contributed by atoms with van der Waals surface area (Å²) in [5, 5.41) is 11.4. The Labute approximate surface area is 170 Å². The molecule has 0 bridgehead atoms. The van der Waals surface area contributed by atoms with Gasteiger partial charge in [-0.1, -0.05) is 35.3 Å². The van der Waals surface area contributed by atoms with Crippen molar-refractivity contribution in [2.75, 3.05) is 0 Å². The van der Waals surface area contributed by atoms with Crippen molar-refractivity contribution in [3.05, 3.63) is 74.3 Å². The molecule has 1 atom stereocenters. The van der Waals surface area contributed by atoms with Crippen molar-refractivity contribution in [1.82, 2.24) is 10.9 Å². The average Bonchev–Trinajstić information content (AvgIpc) is 2.66. The first-order chi connectivity index (χ1) is 13.3. The molecular formula is C18H15Cl2N3O5. The number of rotatable bonds is 6. The highest BCUT2D eigenvalue weighted by Crippen LogP contribution is 2.28. The molecule has 0 heterocycles. The van der Waals surface area contributed by atoms with E-state index in [1.54, 1.807) is 12.1 Å². The molecule has 2 amide bonds. The maximum atomic E-state index is 12.0. The molecule has 2 rings (SSSR count).